The van der Waals surface area contributed by atoms with Gasteiger partial charge in [-0.25, -0.2) is 4.39 Å². The molecule has 0 amide bonds. The van der Waals surface area contributed by atoms with E-state index in [0.29, 0.717) is 16.3 Å². The molecule has 0 aliphatic rings. The molecule has 1 nitrogen and oxygen atoms in total. The van der Waals surface area contributed by atoms with Crippen molar-refractivity contribution >= 4 is 23.4 Å². The number of hydrogen-bond acceptors (Lipinski definition) is 2. The van der Waals surface area contributed by atoms with Crippen LogP contribution in [-0.2, 0) is 5.75 Å². The fourth-order valence-corrected chi connectivity index (χ4v) is 2.12. The molecule has 0 bridgehead atoms. The topological polar surface area (TPSA) is 20.2 Å². The summed E-state index contributed by atoms with van der Waals surface area (Å²) in [5.41, 5.74) is 0.625. The Kier molecular flexibility index (Phi) is 5.30. The lowest BCUT2D eigenvalue weighted by Crippen LogP contribution is -1.90. The molecule has 0 spiro atoms. The molecule has 0 aliphatic heterocycles. The van der Waals surface area contributed by atoms with E-state index in [4.69, 9.17) is 16.7 Å². The van der Waals surface area contributed by atoms with Crippen molar-refractivity contribution in [2.24, 2.45) is 0 Å². The summed E-state index contributed by atoms with van der Waals surface area (Å²) in [5, 5.41) is 9.11. The van der Waals surface area contributed by atoms with Crippen LogP contribution in [-0.4, -0.2) is 17.5 Å². The van der Waals surface area contributed by atoms with Gasteiger partial charge in [-0.2, -0.15) is 11.8 Å². The standard InChI is InChI=1S/C10H12ClFOS/c11-9-2-3-10(12)8(6-9)7-14-5-1-4-13/h2-3,6,13H,1,4-5,7H2. The Balaban J connectivity index is 2.45. The third kappa shape index (κ3) is 3.86. The van der Waals surface area contributed by atoms with E-state index in [1.165, 1.54) is 6.07 Å². The molecule has 0 aromatic heterocycles. The lowest BCUT2D eigenvalue weighted by atomic mass is 10.2. The molecule has 0 saturated heterocycles. The van der Waals surface area contributed by atoms with E-state index in [0.717, 1.165) is 12.2 Å². The zero-order valence-electron chi connectivity index (χ0n) is 7.67. The normalized spacial score (nSPS) is 10.5. The molecule has 0 saturated carbocycles. The van der Waals surface area contributed by atoms with E-state index in [1.807, 2.05) is 0 Å². The van der Waals surface area contributed by atoms with Crippen LogP contribution in [0.15, 0.2) is 18.2 Å². The van der Waals surface area contributed by atoms with Gasteiger partial charge in [-0.05, 0) is 35.9 Å². The summed E-state index contributed by atoms with van der Waals surface area (Å²) in [6, 6.07) is 4.56. The highest BCUT2D eigenvalue weighted by Gasteiger charge is 2.02. The van der Waals surface area contributed by atoms with E-state index < -0.39 is 0 Å². The van der Waals surface area contributed by atoms with E-state index in [1.54, 1.807) is 23.9 Å². The van der Waals surface area contributed by atoms with Crippen LogP contribution < -0.4 is 0 Å². The molecule has 0 unspecified atom stereocenters. The van der Waals surface area contributed by atoms with Crippen LogP contribution in [0.2, 0.25) is 5.02 Å². The lowest BCUT2D eigenvalue weighted by Gasteiger charge is -2.03. The largest absolute Gasteiger partial charge is 0.396 e. The first-order valence-electron chi connectivity index (χ1n) is 4.36. The van der Waals surface area contributed by atoms with Gasteiger partial charge < -0.3 is 5.11 Å². The maximum atomic E-state index is 13.2. The highest BCUT2D eigenvalue weighted by Crippen LogP contribution is 2.20. The Labute approximate surface area is 92.3 Å². The highest BCUT2D eigenvalue weighted by molar-refractivity contribution is 7.98. The third-order valence-corrected chi connectivity index (χ3v) is 3.04. The number of halogens is 2. The Bertz CT molecular complexity index is 293. The van der Waals surface area contributed by atoms with Crippen molar-refractivity contribution in [3.05, 3.63) is 34.6 Å². The maximum absolute atomic E-state index is 13.2. The van der Waals surface area contributed by atoms with Crippen molar-refractivity contribution in [2.45, 2.75) is 12.2 Å². The first kappa shape index (κ1) is 11.8. The van der Waals surface area contributed by atoms with E-state index >= 15 is 0 Å². The predicted molar refractivity (Wildman–Crippen MR) is 59.3 cm³/mol. The van der Waals surface area contributed by atoms with Crippen LogP contribution >= 0.6 is 23.4 Å². The molecule has 78 valence electrons. The molecule has 0 heterocycles. The number of benzene rings is 1. The molecule has 1 N–H and O–H groups in total. The zero-order chi connectivity index (χ0) is 10.4. The summed E-state index contributed by atoms with van der Waals surface area (Å²) < 4.78 is 13.2. The molecule has 1 aromatic rings. The second-order valence-corrected chi connectivity index (χ2v) is 4.41. The fourth-order valence-electron chi connectivity index (χ4n) is 1.00. The average Bonchev–Trinajstić information content (AvgIpc) is 2.18. The molecule has 4 heteroatoms. The first-order valence-corrected chi connectivity index (χ1v) is 5.90. The van der Waals surface area contributed by atoms with Gasteiger partial charge in [0.05, 0.1) is 0 Å². The number of aliphatic hydroxyl groups is 1. The van der Waals surface area contributed by atoms with E-state index in [9.17, 15) is 4.39 Å². The molecule has 0 fully saturated rings. The maximum Gasteiger partial charge on any atom is 0.127 e. The van der Waals surface area contributed by atoms with Crippen molar-refractivity contribution < 1.29 is 9.50 Å². The summed E-state index contributed by atoms with van der Waals surface area (Å²) >= 11 is 7.34. The van der Waals surface area contributed by atoms with Crippen molar-refractivity contribution in [3.63, 3.8) is 0 Å². The van der Waals surface area contributed by atoms with Crippen molar-refractivity contribution in [1.82, 2.24) is 0 Å². The van der Waals surface area contributed by atoms with Gasteiger partial charge in [0.25, 0.3) is 0 Å². The van der Waals surface area contributed by atoms with Gasteiger partial charge in [0.1, 0.15) is 5.82 Å². The summed E-state index contributed by atoms with van der Waals surface area (Å²) in [6.45, 7) is 0.186. The summed E-state index contributed by atoms with van der Waals surface area (Å²) in [4.78, 5) is 0. The smallest absolute Gasteiger partial charge is 0.127 e. The molecule has 0 aliphatic carbocycles. The minimum atomic E-state index is -0.217. The zero-order valence-corrected chi connectivity index (χ0v) is 9.24. The Morgan fingerprint density at radius 2 is 2.21 bits per heavy atom. The van der Waals surface area contributed by atoms with Crippen LogP contribution in [0.4, 0.5) is 4.39 Å². The van der Waals surface area contributed by atoms with Gasteiger partial charge in [0.15, 0.2) is 0 Å². The first-order chi connectivity index (χ1) is 6.74. The monoisotopic (exact) mass is 234 g/mol. The van der Waals surface area contributed by atoms with Gasteiger partial charge in [-0.15, -0.1) is 0 Å². The SMILES string of the molecule is OCCCSCc1cc(Cl)ccc1F. The molecule has 0 atom stereocenters. The Hall–Kier alpha value is -0.250. The third-order valence-electron chi connectivity index (χ3n) is 1.71. The predicted octanol–water partition coefficient (Wildman–Crippen LogP) is 3.09. The highest BCUT2D eigenvalue weighted by atomic mass is 35.5. The Morgan fingerprint density at radius 1 is 1.43 bits per heavy atom. The van der Waals surface area contributed by atoms with Gasteiger partial charge in [0, 0.05) is 17.4 Å². The second-order valence-electron chi connectivity index (χ2n) is 2.87. The van der Waals surface area contributed by atoms with Gasteiger partial charge in [0.2, 0.25) is 0 Å². The quantitative estimate of drug-likeness (QED) is 0.791. The molecule has 1 aromatic carbocycles. The van der Waals surface area contributed by atoms with Crippen LogP contribution in [0.1, 0.15) is 12.0 Å². The molecular weight excluding hydrogens is 223 g/mol. The second kappa shape index (κ2) is 6.27. The van der Waals surface area contributed by atoms with E-state index in [2.05, 4.69) is 0 Å². The summed E-state index contributed by atoms with van der Waals surface area (Å²) in [5.74, 6) is 1.22. The van der Waals surface area contributed by atoms with Gasteiger partial charge >= 0.3 is 0 Å². The van der Waals surface area contributed by atoms with Crippen LogP contribution in [0, 0.1) is 5.82 Å². The lowest BCUT2D eigenvalue weighted by molar-refractivity contribution is 0.296. The van der Waals surface area contributed by atoms with Crippen molar-refractivity contribution in [3.8, 4) is 0 Å². The van der Waals surface area contributed by atoms with Crippen LogP contribution in [0.25, 0.3) is 0 Å². The minimum Gasteiger partial charge on any atom is -0.396 e. The van der Waals surface area contributed by atoms with Gasteiger partial charge in [-0.1, -0.05) is 11.6 Å². The molecular formula is C10H12ClFOS. The molecule has 1 rings (SSSR count). The molecule has 14 heavy (non-hydrogen) atoms. The summed E-state index contributed by atoms with van der Waals surface area (Å²) in [6.07, 6.45) is 0.743. The fraction of sp³-hybridized carbons (Fsp3) is 0.400. The number of hydrogen-bond donors (Lipinski definition) is 1. The van der Waals surface area contributed by atoms with E-state index in [-0.39, 0.29) is 12.4 Å². The minimum absolute atomic E-state index is 0.186. The summed E-state index contributed by atoms with van der Waals surface area (Å²) in [7, 11) is 0. The number of thioether (sulfide) groups is 1. The van der Waals surface area contributed by atoms with Crippen molar-refractivity contribution in [1.29, 1.82) is 0 Å². The number of aliphatic hydroxyl groups excluding tert-OH is 1. The average molecular weight is 235 g/mol. The van der Waals surface area contributed by atoms with Crippen LogP contribution in [0.5, 0.6) is 0 Å². The van der Waals surface area contributed by atoms with Crippen molar-refractivity contribution in [2.75, 3.05) is 12.4 Å². The molecule has 0 radical (unpaired) electrons. The number of rotatable bonds is 5. The van der Waals surface area contributed by atoms with Gasteiger partial charge in [-0.3, -0.25) is 0 Å². The Morgan fingerprint density at radius 3 is 2.93 bits per heavy atom. The van der Waals surface area contributed by atoms with Crippen LogP contribution in [0.3, 0.4) is 0 Å².